The summed E-state index contributed by atoms with van der Waals surface area (Å²) in [6.07, 6.45) is -3.89. The van der Waals surface area contributed by atoms with Gasteiger partial charge in [-0.1, -0.05) is 13.8 Å². The van der Waals surface area contributed by atoms with Gasteiger partial charge in [0.15, 0.2) is 6.10 Å². The van der Waals surface area contributed by atoms with E-state index in [-0.39, 0.29) is 0 Å². The Labute approximate surface area is 82.3 Å². The maximum atomic E-state index is 10.9. The van der Waals surface area contributed by atoms with Crippen molar-refractivity contribution < 1.29 is 24.9 Å². The van der Waals surface area contributed by atoms with Crippen molar-refractivity contribution in [1.82, 2.24) is 0 Å². The average molecular weight is 204 g/mol. The van der Waals surface area contributed by atoms with Crippen LogP contribution in [0.25, 0.3) is 0 Å². The van der Waals surface area contributed by atoms with Crippen molar-refractivity contribution in [2.24, 2.45) is 5.41 Å². The van der Waals surface area contributed by atoms with Crippen LogP contribution in [0, 0.1) is 5.41 Å². The molecule has 1 heterocycles. The van der Waals surface area contributed by atoms with Gasteiger partial charge in [0.2, 0.25) is 0 Å². The van der Waals surface area contributed by atoms with Crippen molar-refractivity contribution in [1.29, 1.82) is 0 Å². The van der Waals surface area contributed by atoms with E-state index in [9.17, 15) is 15.0 Å². The Morgan fingerprint density at radius 1 is 1.36 bits per heavy atom. The zero-order valence-electron chi connectivity index (χ0n) is 8.47. The summed E-state index contributed by atoms with van der Waals surface area (Å²) in [5.74, 6) is -1.12. The molecule has 0 amide bonds. The number of carbonyl (C=O) groups is 1. The second-order valence-electron chi connectivity index (χ2n) is 4.32. The summed E-state index contributed by atoms with van der Waals surface area (Å²) < 4.78 is 5.14. The lowest BCUT2D eigenvalue weighted by Gasteiger charge is -2.45. The molecular formula is C9H16O5. The molecule has 1 aliphatic rings. The summed E-state index contributed by atoms with van der Waals surface area (Å²) >= 11 is 0. The fourth-order valence-corrected chi connectivity index (χ4v) is 1.70. The van der Waals surface area contributed by atoms with Crippen LogP contribution in [-0.4, -0.2) is 45.7 Å². The van der Waals surface area contributed by atoms with E-state index in [1.165, 1.54) is 0 Å². The first-order valence-electron chi connectivity index (χ1n) is 4.53. The SMILES string of the molecule is CC1OC(C(=O)O)C(C)(C)C(O)C1O. The first kappa shape index (κ1) is 11.4. The minimum absolute atomic E-state index is 0.667. The van der Waals surface area contributed by atoms with Crippen molar-refractivity contribution in [2.75, 3.05) is 0 Å². The highest BCUT2D eigenvalue weighted by Gasteiger charge is 2.51. The standard InChI is InChI=1S/C9H16O5/c1-4-5(10)6(11)9(2,3)7(14-4)8(12)13/h4-7,10-11H,1-3H3,(H,12,13). The van der Waals surface area contributed by atoms with Crippen molar-refractivity contribution in [3.05, 3.63) is 0 Å². The normalized spacial score (nSPS) is 42.1. The van der Waals surface area contributed by atoms with Gasteiger partial charge in [0.1, 0.15) is 6.10 Å². The van der Waals surface area contributed by atoms with Crippen molar-refractivity contribution >= 4 is 5.97 Å². The van der Waals surface area contributed by atoms with Gasteiger partial charge in [-0.15, -0.1) is 0 Å². The number of aliphatic hydroxyl groups is 2. The number of carboxylic acid groups (broad SMARTS) is 1. The number of aliphatic carboxylic acids is 1. The zero-order chi connectivity index (χ0) is 11.1. The van der Waals surface area contributed by atoms with Crippen LogP contribution in [0.3, 0.4) is 0 Å². The van der Waals surface area contributed by atoms with Crippen LogP contribution in [0.1, 0.15) is 20.8 Å². The molecule has 1 fully saturated rings. The van der Waals surface area contributed by atoms with Gasteiger partial charge in [0.05, 0.1) is 12.2 Å². The number of hydrogen-bond acceptors (Lipinski definition) is 4. The summed E-state index contributed by atoms with van der Waals surface area (Å²) in [6, 6.07) is 0. The molecule has 4 atom stereocenters. The van der Waals surface area contributed by atoms with Gasteiger partial charge >= 0.3 is 5.97 Å². The lowest BCUT2D eigenvalue weighted by Crippen LogP contribution is -2.60. The molecule has 14 heavy (non-hydrogen) atoms. The summed E-state index contributed by atoms with van der Waals surface area (Å²) in [6.45, 7) is 4.66. The average Bonchev–Trinajstić information content (AvgIpc) is 2.08. The second kappa shape index (κ2) is 3.49. The smallest absolute Gasteiger partial charge is 0.333 e. The van der Waals surface area contributed by atoms with E-state index >= 15 is 0 Å². The molecule has 5 heteroatoms. The third-order valence-corrected chi connectivity index (χ3v) is 2.82. The monoisotopic (exact) mass is 204 g/mol. The van der Waals surface area contributed by atoms with E-state index in [1.807, 2.05) is 0 Å². The van der Waals surface area contributed by atoms with Crippen LogP contribution in [0.2, 0.25) is 0 Å². The van der Waals surface area contributed by atoms with Crippen molar-refractivity contribution in [2.45, 2.75) is 45.2 Å². The van der Waals surface area contributed by atoms with Gasteiger partial charge in [-0.25, -0.2) is 4.79 Å². The molecule has 0 radical (unpaired) electrons. The third-order valence-electron chi connectivity index (χ3n) is 2.82. The quantitative estimate of drug-likeness (QED) is 0.541. The van der Waals surface area contributed by atoms with Gasteiger partial charge in [-0.05, 0) is 6.92 Å². The molecule has 1 rings (SSSR count). The Balaban J connectivity index is 2.95. The molecule has 0 aromatic carbocycles. The topological polar surface area (TPSA) is 87.0 Å². The Kier molecular flexibility index (Phi) is 2.85. The lowest BCUT2D eigenvalue weighted by molar-refractivity contribution is -0.230. The number of aliphatic hydroxyl groups excluding tert-OH is 2. The molecule has 4 unspecified atom stereocenters. The van der Waals surface area contributed by atoms with Crippen LogP contribution in [-0.2, 0) is 9.53 Å². The van der Waals surface area contributed by atoms with E-state index in [2.05, 4.69) is 0 Å². The maximum Gasteiger partial charge on any atom is 0.333 e. The van der Waals surface area contributed by atoms with Crippen molar-refractivity contribution in [3.63, 3.8) is 0 Å². The zero-order valence-corrected chi connectivity index (χ0v) is 8.47. The number of hydrogen-bond donors (Lipinski definition) is 3. The highest BCUT2D eigenvalue weighted by molar-refractivity contribution is 5.73. The Morgan fingerprint density at radius 2 is 1.86 bits per heavy atom. The van der Waals surface area contributed by atoms with Gasteiger partial charge in [0.25, 0.3) is 0 Å². The van der Waals surface area contributed by atoms with E-state index in [0.29, 0.717) is 0 Å². The first-order chi connectivity index (χ1) is 6.28. The molecule has 0 bridgehead atoms. The van der Waals surface area contributed by atoms with Crippen LogP contribution in [0.15, 0.2) is 0 Å². The number of ether oxygens (including phenoxy) is 1. The molecule has 0 aromatic rings. The van der Waals surface area contributed by atoms with Crippen molar-refractivity contribution in [3.8, 4) is 0 Å². The summed E-state index contributed by atoms with van der Waals surface area (Å²) in [7, 11) is 0. The molecule has 0 spiro atoms. The predicted molar refractivity (Wildman–Crippen MR) is 47.8 cm³/mol. The Morgan fingerprint density at radius 3 is 2.29 bits per heavy atom. The first-order valence-corrected chi connectivity index (χ1v) is 4.53. The highest BCUT2D eigenvalue weighted by atomic mass is 16.5. The number of carboxylic acids is 1. The molecule has 3 N–H and O–H groups in total. The van der Waals surface area contributed by atoms with E-state index < -0.39 is 35.8 Å². The minimum Gasteiger partial charge on any atom is -0.479 e. The van der Waals surface area contributed by atoms with Crippen LogP contribution in [0.4, 0.5) is 0 Å². The van der Waals surface area contributed by atoms with E-state index in [0.717, 1.165) is 0 Å². The predicted octanol–water partition coefficient (Wildman–Crippen LogP) is -0.394. The molecule has 5 nitrogen and oxygen atoms in total. The molecular weight excluding hydrogens is 188 g/mol. The molecule has 82 valence electrons. The fraction of sp³-hybridized carbons (Fsp3) is 0.889. The van der Waals surface area contributed by atoms with Crippen LogP contribution in [0.5, 0.6) is 0 Å². The molecule has 0 aromatic heterocycles. The van der Waals surface area contributed by atoms with Gasteiger partial charge in [-0.2, -0.15) is 0 Å². The van der Waals surface area contributed by atoms with Gasteiger partial charge in [-0.3, -0.25) is 0 Å². The Bertz CT molecular complexity index is 237. The van der Waals surface area contributed by atoms with E-state index in [1.54, 1.807) is 20.8 Å². The van der Waals surface area contributed by atoms with Crippen LogP contribution < -0.4 is 0 Å². The van der Waals surface area contributed by atoms with Crippen LogP contribution >= 0.6 is 0 Å². The lowest BCUT2D eigenvalue weighted by atomic mass is 9.75. The summed E-state index contributed by atoms with van der Waals surface area (Å²) in [5.41, 5.74) is -0.988. The fourth-order valence-electron chi connectivity index (χ4n) is 1.70. The largest absolute Gasteiger partial charge is 0.479 e. The Hall–Kier alpha value is -0.650. The third kappa shape index (κ3) is 1.63. The summed E-state index contributed by atoms with van der Waals surface area (Å²) in [5, 5.41) is 28.1. The summed E-state index contributed by atoms with van der Waals surface area (Å²) in [4.78, 5) is 10.9. The molecule has 0 saturated carbocycles. The molecule has 1 aliphatic heterocycles. The van der Waals surface area contributed by atoms with E-state index in [4.69, 9.17) is 9.84 Å². The highest BCUT2D eigenvalue weighted by Crippen LogP contribution is 2.36. The molecule has 1 saturated heterocycles. The molecule has 0 aliphatic carbocycles. The van der Waals surface area contributed by atoms with Gasteiger partial charge in [0, 0.05) is 5.41 Å². The number of rotatable bonds is 1. The minimum atomic E-state index is -1.12. The second-order valence-corrected chi connectivity index (χ2v) is 4.32. The maximum absolute atomic E-state index is 10.9. The van der Waals surface area contributed by atoms with Gasteiger partial charge < -0.3 is 20.1 Å².